The number of imidazole rings is 1. The van der Waals surface area contributed by atoms with Gasteiger partial charge in [0.1, 0.15) is 12.4 Å². The number of aryl methyl sites for hydroxylation is 2. The summed E-state index contributed by atoms with van der Waals surface area (Å²) in [6, 6.07) is 7.90. The Hall–Kier alpha value is -1.97. The van der Waals surface area contributed by atoms with Gasteiger partial charge in [-0.25, -0.2) is 4.98 Å². The van der Waals surface area contributed by atoms with E-state index in [9.17, 15) is 0 Å². The average Bonchev–Trinajstić information content (AvgIpc) is 2.57. The van der Waals surface area contributed by atoms with Gasteiger partial charge < -0.3 is 15.0 Å². The van der Waals surface area contributed by atoms with Crippen molar-refractivity contribution in [1.29, 1.82) is 0 Å². The van der Waals surface area contributed by atoms with E-state index in [1.807, 2.05) is 44.4 Å². The molecule has 0 fully saturated rings. The van der Waals surface area contributed by atoms with Crippen LogP contribution in [0.2, 0.25) is 0 Å². The third-order valence-electron chi connectivity index (χ3n) is 2.43. The van der Waals surface area contributed by atoms with Crippen LogP contribution in [0.3, 0.4) is 0 Å². The molecule has 0 aliphatic rings. The highest BCUT2D eigenvalue weighted by atomic mass is 16.5. The Bertz CT molecular complexity index is 471. The first kappa shape index (κ1) is 10.5. The highest BCUT2D eigenvalue weighted by molar-refractivity contribution is 5.32. The molecule has 0 saturated carbocycles. The molecule has 1 aromatic heterocycles. The summed E-state index contributed by atoms with van der Waals surface area (Å²) in [5.74, 6) is 1.38. The minimum absolute atomic E-state index is 0.440. The highest BCUT2D eigenvalue weighted by Gasteiger charge is 2.03. The molecule has 1 aromatic carbocycles. The number of anilines is 1. The summed E-state index contributed by atoms with van der Waals surface area (Å²) in [4.78, 5) is 4.17. The van der Waals surface area contributed by atoms with Gasteiger partial charge in [-0.2, -0.15) is 0 Å². The Morgan fingerprint density at radius 2 is 2.12 bits per heavy atom. The fourth-order valence-corrected chi connectivity index (χ4v) is 1.48. The van der Waals surface area contributed by atoms with E-state index in [2.05, 4.69) is 4.98 Å². The predicted octanol–water partition coefficient (Wildman–Crippen LogP) is 1.89. The van der Waals surface area contributed by atoms with Crippen molar-refractivity contribution in [2.75, 3.05) is 5.73 Å². The van der Waals surface area contributed by atoms with Crippen molar-refractivity contribution in [2.45, 2.75) is 13.5 Å². The van der Waals surface area contributed by atoms with E-state index in [0.29, 0.717) is 12.6 Å². The van der Waals surface area contributed by atoms with Crippen molar-refractivity contribution in [3.05, 3.63) is 41.7 Å². The van der Waals surface area contributed by atoms with Gasteiger partial charge in [-0.15, -0.1) is 0 Å². The van der Waals surface area contributed by atoms with Gasteiger partial charge in [0.2, 0.25) is 0 Å². The lowest BCUT2D eigenvalue weighted by Gasteiger charge is -2.06. The summed E-state index contributed by atoms with van der Waals surface area (Å²) in [6.45, 7) is 2.46. The molecule has 0 spiro atoms. The number of hydrogen-bond acceptors (Lipinski definition) is 3. The van der Waals surface area contributed by atoms with Crippen molar-refractivity contribution in [1.82, 2.24) is 9.55 Å². The summed E-state index contributed by atoms with van der Waals surface area (Å²) in [5, 5.41) is 0. The monoisotopic (exact) mass is 217 g/mol. The molecule has 4 heteroatoms. The minimum atomic E-state index is 0.440. The molecule has 0 unspecified atom stereocenters. The van der Waals surface area contributed by atoms with E-state index in [-0.39, 0.29) is 0 Å². The number of para-hydroxylation sites is 1. The van der Waals surface area contributed by atoms with E-state index < -0.39 is 0 Å². The lowest BCUT2D eigenvalue weighted by atomic mass is 10.2. The maximum absolute atomic E-state index is 5.66. The van der Waals surface area contributed by atoms with Gasteiger partial charge in [0, 0.05) is 13.2 Å². The number of hydrogen-bond donors (Lipinski definition) is 1. The van der Waals surface area contributed by atoms with Gasteiger partial charge >= 0.3 is 0 Å². The standard InChI is InChI=1S/C12H15N3O/c1-9-5-3-4-6-11(9)16-8-10-7-15(2)12(13)14-10/h3-7H,8H2,1-2H3,(H2,13,14). The van der Waals surface area contributed by atoms with Gasteiger partial charge in [-0.1, -0.05) is 18.2 Å². The molecule has 2 rings (SSSR count). The molecule has 16 heavy (non-hydrogen) atoms. The van der Waals surface area contributed by atoms with Crippen molar-refractivity contribution in [2.24, 2.45) is 7.05 Å². The second-order valence-electron chi connectivity index (χ2n) is 3.76. The smallest absolute Gasteiger partial charge is 0.200 e. The van der Waals surface area contributed by atoms with Crippen LogP contribution in [0, 0.1) is 6.92 Å². The molecule has 0 radical (unpaired) electrons. The summed E-state index contributed by atoms with van der Waals surface area (Å²) in [5.41, 5.74) is 7.59. The molecule has 2 N–H and O–H groups in total. The maximum Gasteiger partial charge on any atom is 0.200 e. The fraction of sp³-hybridized carbons (Fsp3) is 0.250. The number of benzene rings is 1. The Balaban J connectivity index is 2.05. The van der Waals surface area contributed by atoms with Crippen LogP contribution in [0.25, 0.3) is 0 Å². The second kappa shape index (κ2) is 4.26. The molecule has 4 nitrogen and oxygen atoms in total. The highest BCUT2D eigenvalue weighted by Crippen LogP contribution is 2.17. The van der Waals surface area contributed by atoms with Gasteiger partial charge in [0.05, 0.1) is 5.69 Å². The Labute approximate surface area is 94.7 Å². The number of aromatic nitrogens is 2. The molecule has 1 heterocycles. The van der Waals surface area contributed by atoms with Gasteiger partial charge in [0.15, 0.2) is 5.95 Å². The molecular formula is C12H15N3O. The van der Waals surface area contributed by atoms with Crippen LogP contribution in [-0.4, -0.2) is 9.55 Å². The Morgan fingerprint density at radius 3 is 2.75 bits per heavy atom. The van der Waals surface area contributed by atoms with Crippen LogP contribution in [-0.2, 0) is 13.7 Å². The third-order valence-corrected chi connectivity index (χ3v) is 2.43. The van der Waals surface area contributed by atoms with Crippen molar-refractivity contribution < 1.29 is 4.74 Å². The number of nitrogens with zero attached hydrogens (tertiary/aromatic N) is 2. The molecule has 0 saturated heterocycles. The van der Waals surface area contributed by atoms with Crippen LogP contribution < -0.4 is 10.5 Å². The second-order valence-corrected chi connectivity index (χ2v) is 3.76. The zero-order chi connectivity index (χ0) is 11.5. The van der Waals surface area contributed by atoms with Gasteiger partial charge in [0.25, 0.3) is 0 Å². The van der Waals surface area contributed by atoms with E-state index in [1.54, 1.807) is 4.57 Å². The minimum Gasteiger partial charge on any atom is -0.487 e. The Kier molecular flexibility index (Phi) is 2.81. The lowest BCUT2D eigenvalue weighted by molar-refractivity contribution is 0.300. The molecule has 0 atom stereocenters. The first-order chi connectivity index (χ1) is 7.66. The molecular weight excluding hydrogens is 202 g/mol. The summed E-state index contributed by atoms with van der Waals surface area (Å²) in [6.07, 6.45) is 1.87. The lowest BCUT2D eigenvalue weighted by Crippen LogP contribution is -1.97. The van der Waals surface area contributed by atoms with Crippen LogP contribution in [0.4, 0.5) is 5.95 Å². The number of nitrogens with two attached hydrogens (primary N) is 1. The van der Waals surface area contributed by atoms with Crippen molar-refractivity contribution in [3.63, 3.8) is 0 Å². The van der Waals surface area contributed by atoms with Crippen LogP contribution in [0.5, 0.6) is 5.75 Å². The molecule has 0 aliphatic carbocycles. The van der Waals surface area contributed by atoms with E-state index in [0.717, 1.165) is 17.0 Å². The van der Waals surface area contributed by atoms with Crippen LogP contribution in [0.1, 0.15) is 11.3 Å². The largest absolute Gasteiger partial charge is 0.487 e. The zero-order valence-corrected chi connectivity index (χ0v) is 9.47. The fourth-order valence-electron chi connectivity index (χ4n) is 1.48. The van der Waals surface area contributed by atoms with Crippen molar-refractivity contribution >= 4 is 5.95 Å². The number of nitrogen functional groups attached to an aromatic ring is 1. The first-order valence-electron chi connectivity index (χ1n) is 5.13. The van der Waals surface area contributed by atoms with Crippen LogP contribution >= 0.6 is 0 Å². The normalized spacial score (nSPS) is 10.4. The average molecular weight is 217 g/mol. The van der Waals surface area contributed by atoms with Gasteiger partial charge in [-0.05, 0) is 18.6 Å². The SMILES string of the molecule is Cc1ccccc1OCc1cn(C)c(N)n1. The van der Waals surface area contributed by atoms with E-state index >= 15 is 0 Å². The van der Waals surface area contributed by atoms with Gasteiger partial charge in [-0.3, -0.25) is 0 Å². The Morgan fingerprint density at radius 1 is 1.38 bits per heavy atom. The van der Waals surface area contributed by atoms with Crippen molar-refractivity contribution in [3.8, 4) is 5.75 Å². The summed E-state index contributed by atoms with van der Waals surface area (Å²) < 4.78 is 7.43. The summed E-state index contributed by atoms with van der Waals surface area (Å²) >= 11 is 0. The molecule has 0 amide bonds. The number of ether oxygens (including phenoxy) is 1. The predicted molar refractivity (Wildman–Crippen MR) is 63.1 cm³/mol. The molecule has 2 aromatic rings. The topological polar surface area (TPSA) is 53.1 Å². The summed E-state index contributed by atoms with van der Waals surface area (Å²) in [7, 11) is 1.86. The third kappa shape index (κ3) is 2.16. The zero-order valence-electron chi connectivity index (χ0n) is 9.47. The first-order valence-corrected chi connectivity index (χ1v) is 5.13. The van der Waals surface area contributed by atoms with E-state index in [4.69, 9.17) is 10.5 Å². The maximum atomic E-state index is 5.66. The quantitative estimate of drug-likeness (QED) is 0.854. The number of rotatable bonds is 3. The molecule has 0 bridgehead atoms. The molecule has 84 valence electrons. The van der Waals surface area contributed by atoms with Crippen LogP contribution in [0.15, 0.2) is 30.5 Å². The molecule has 0 aliphatic heterocycles. The van der Waals surface area contributed by atoms with E-state index in [1.165, 1.54) is 0 Å².